The maximum atomic E-state index is 13.9. The summed E-state index contributed by atoms with van der Waals surface area (Å²) in [6.45, 7) is 2.64. The van der Waals surface area contributed by atoms with Crippen LogP contribution < -0.4 is 24.4 Å². The Hall–Kier alpha value is -3.83. The minimum absolute atomic E-state index is 0.0253. The molecule has 0 radical (unpaired) electrons. The number of carbonyl (C=O) groups excluding carboxylic acids is 2. The molecule has 0 bridgehead atoms. The SMILES string of the molecule is CCOc1nn(CC(F)F)cc1S(=O)(=O)N1C[C@H](CNC(C)=O)Oc2ccc(NC(=O)OC(C)(C)C(F)(F)F)cc21. The van der Waals surface area contributed by atoms with Crippen LogP contribution in [0.3, 0.4) is 0 Å². The number of anilines is 2. The Morgan fingerprint density at radius 2 is 1.93 bits per heavy atom. The molecule has 0 fully saturated rings. The van der Waals surface area contributed by atoms with Crippen LogP contribution in [-0.4, -0.2) is 74.2 Å². The molecule has 0 spiro atoms. The molecule has 1 aliphatic heterocycles. The number of amides is 2. The van der Waals surface area contributed by atoms with Crippen LogP contribution in [-0.2, 0) is 26.1 Å². The number of rotatable bonds is 10. The van der Waals surface area contributed by atoms with Crippen molar-refractivity contribution in [2.75, 3.05) is 29.3 Å². The summed E-state index contributed by atoms with van der Waals surface area (Å²) < 4.78 is 110. The Morgan fingerprint density at radius 3 is 2.51 bits per heavy atom. The highest BCUT2D eigenvalue weighted by Crippen LogP contribution is 2.40. The molecule has 0 aliphatic carbocycles. The highest BCUT2D eigenvalue weighted by atomic mass is 32.2. The third-order valence-electron chi connectivity index (χ3n) is 5.62. The second-order valence-electron chi connectivity index (χ2n) is 9.26. The number of hydrogen-bond acceptors (Lipinski definition) is 8. The molecule has 0 unspecified atom stereocenters. The number of halogens is 5. The van der Waals surface area contributed by atoms with E-state index in [1.807, 2.05) is 0 Å². The van der Waals surface area contributed by atoms with Crippen LogP contribution in [0.2, 0.25) is 0 Å². The molecular formula is C23H28F5N5O7S. The van der Waals surface area contributed by atoms with Crippen molar-refractivity contribution in [2.45, 2.75) is 63.4 Å². The molecule has 228 valence electrons. The Bertz CT molecular complexity index is 1380. The van der Waals surface area contributed by atoms with Gasteiger partial charge in [0, 0.05) is 18.8 Å². The molecule has 3 rings (SSSR count). The van der Waals surface area contributed by atoms with Crippen molar-refractivity contribution in [3.8, 4) is 11.6 Å². The lowest BCUT2D eigenvalue weighted by Crippen LogP contribution is -2.48. The van der Waals surface area contributed by atoms with Gasteiger partial charge in [0.1, 0.15) is 18.4 Å². The average molecular weight is 614 g/mol. The summed E-state index contributed by atoms with van der Waals surface area (Å²) in [4.78, 5) is 23.1. The Morgan fingerprint density at radius 1 is 1.24 bits per heavy atom. The van der Waals surface area contributed by atoms with Gasteiger partial charge in [0.2, 0.25) is 11.5 Å². The molecule has 18 heteroatoms. The first-order valence-electron chi connectivity index (χ1n) is 12.1. The number of aromatic nitrogens is 2. The van der Waals surface area contributed by atoms with Gasteiger partial charge in [-0.05, 0) is 39.0 Å². The predicted octanol–water partition coefficient (Wildman–Crippen LogP) is 3.53. The third kappa shape index (κ3) is 7.47. The largest absolute Gasteiger partial charge is 0.484 e. The molecule has 2 amide bonds. The van der Waals surface area contributed by atoms with Gasteiger partial charge in [0.15, 0.2) is 4.90 Å². The molecule has 2 heterocycles. The molecule has 1 atom stereocenters. The standard InChI is InChI=1S/C23H28F5N5O7S/c1-5-38-20-18(11-32(31-20)12-19(24)25)41(36,37)33-10-15(9-29-13(2)34)39-17-7-6-14(8-16(17)33)30-21(35)40-22(3,4)23(26,27)28/h6-8,11,15,19H,5,9-10,12H2,1-4H3,(H,29,34)(H,30,35)/t15-/m0/s1. The zero-order chi connectivity index (χ0) is 30.8. The summed E-state index contributed by atoms with van der Waals surface area (Å²) in [6.07, 6.45) is -9.21. The summed E-state index contributed by atoms with van der Waals surface area (Å²) in [7, 11) is -4.61. The van der Waals surface area contributed by atoms with Crippen molar-refractivity contribution in [1.82, 2.24) is 15.1 Å². The number of alkyl halides is 5. The lowest BCUT2D eigenvalue weighted by molar-refractivity contribution is -0.242. The van der Waals surface area contributed by atoms with E-state index in [2.05, 4.69) is 20.5 Å². The number of nitrogens with one attached hydrogen (secondary N) is 2. The van der Waals surface area contributed by atoms with Crippen LogP contribution in [0.25, 0.3) is 0 Å². The number of nitrogens with zero attached hydrogens (tertiary/aromatic N) is 3. The van der Waals surface area contributed by atoms with Gasteiger partial charge in [0.05, 0.1) is 25.4 Å². The number of ether oxygens (including phenoxy) is 3. The number of fused-ring (bicyclic) bond motifs is 1. The van der Waals surface area contributed by atoms with Gasteiger partial charge in [-0.2, -0.15) is 13.2 Å². The second kappa shape index (κ2) is 12.0. The topological polar surface area (TPSA) is 141 Å². The molecular weight excluding hydrogens is 585 g/mol. The van der Waals surface area contributed by atoms with E-state index in [1.165, 1.54) is 26.0 Å². The van der Waals surface area contributed by atoms with Crippen molar-refractivity contribution < 1.29 is 54.2 Å². The predicted molar refractivity (Wildman–Crippen MR) is 134 cm³/mol. The Kier molecular flexibility index (Phi) is 9.24. The molecule has 0 saturated heterocycles. The monoisotopic (exact) mass is 613 g/mol. The molecule has 1 aromatic heterocycles. The number of benzene rings is 1. The van der Waals surface area contributed by atoms with Gasteiger partial charge in [-0.3, -0.25) is 19.1 Å². The minimum Gasteiger partial charge on any atom is -0.484 e. The molecule has 2 N–H and O–H groups in total. The highest BCUT2D eigenvalue weighted by Gasteiger charge is 2.51. The van der Waals surface area contributed by atoms with Crippen LogP contribution in [0.5, 0.6) is 11.6 Å². The minimum atomic E-state index is -4.87. The van der Waals surface area contributed by atoms with Crippen molar-refractivity contribution >= 4 is 33.4 Å². The number of hydrogen-bond donors (Lipinski definition) is 2. The van der Waals surface area contributed by atoms with Crippen molar-refractivity contribution in [1.29, 1.82) is 0 Å². The van der Waals surface area contributed by atoms with Crippen LogP contribution in [0, 0.1) is 0 Å². The molecule has 1 aromatic carbocycles. The zero-order valence-electron chi connectivity index (χ0n) is 22.3. The van der Waals surface area contributed by atoms with E-state index in [4.69, 9.17) is 9.47 Å². The first-order chi connectivity index (χ1) is 18.9. The number of carbonyl (C=O) groups is 2. The Labute approximate surface area is 231 Å². The summed E-state index contributed by atoms with van der Waals surface area (Å²) in [6, 6.07) is 3.61. The average Bonchev–Trinajstić information content (AvgIpc) is 3.23. The van der Waals surface area contributed by atoms with Gasteiger partial charge in [-0.1, -0.05) is 0 Å². The quantitative estimate of drug-likeness (QED) is 0.388. The van der Waals surface area contributed by atoms with Crippen LogP contribution in [0.1, 0.15) is 27.7 Å². The lowest BCUT2D eigenvalue weighted by Gasteiger charge is -2.35. The highest BCUT2D eigenvalue weighted by molar-refractivity contribution is 7.93. The van der Waals surface area contributed by atoms with E-state index >= 15 is 0 Å². The van der Waals surface area contributed by atoms with Gasteiger partial charge >= 0.3 is 12.3 Å². The summed E-state index contributed by atoms with van der Waals surface area (Å²) in [5, 5.41) is 8.43. The van der Waals surface area contributed by atoms with E-state index in [0.29, 0.717) is 13.8 Å². The zero-order valence-corrected chi connectivity index (χ0v) is 23.1. The fourth-order valence-corrected chi connectivity index (χ4v) is 5.14. The summed E-state index contributed by atoms with van der Waals surface area (Å²) in [5.41, 5.74) is -3.12. The summed E-state index contributed by atoms with van der Waals surface area (Å²) >= 11 is 0. The second-order valence-corrected chi connectivity index (χ2v) is 11.1. The third-order valence-corrected chi connectivity index (χ3v) is 7.38. The fraction of sp³-hybridized carbons (Fsp3) is 0.522. The smallest absolute Gasteiger partial charge is 0.427 e. The Balaban J connectivity index is 2.03. The van der Waals surface area contributed by atoms with Crippen molar-refractivity contribution in [3.05, 3.63) is 24.4 Å². The first-order valence-corrected chi connectivity index (χ1v) is 13.5. The summed E-state index contributed by atoms with van der Waals surface area (Å²) in [5.74, 6) is -0.880. The van der Waals surface area contributed by atoms with Gasteiger partial charge < -0.3 is 19.5 Å². The van der Waals surface area contributed by atoms with E-state index in [9.17, 15) is 40.0 Å². The normalized spacial score (nSPS) is 15.7. The van der Waals surface area contributed by atoms with E-state index in [-0.39, 0.29) is 30.3 Å². The van der Waals surface area contributed by atoms with Crippen molar-refractivity contribution in [3.63, 3.8) is 0 Å². The maximum absolute atomic E-state index is 13.9. The van der Waals surface area contributed by atoms with Crippen LogP contribution in [0.15, 0.2) is 29.3 Å². The first kappa shape index (κ1) is 31.7. The van der Waals surface area contributed by atoms with Gasteiger partial charge in [-0.15, -0.1) is 5.10 Å². The lowest BCUT2D eigenvalue weighted by atomic mass is 10.1. The van der Waals surface area contributed by atoms with Crippen LogP contribution in [0.4, 0.5) is 38.1 Å². The van der Waals surface area contributed by atoms with Gasteiger partial charge in [-0.25, -0.2) is 22.0 Å². The van der Waals surface area contributed by atoms with Gasteiger partial charge in [0.25, 0.3) is 22.3 Å². The van der Waals surface area contributed by atoms with Crippen LogP contribution >= 0.6 is 0 Å². The van der Waals surface area contributed by atoms with E-state index in [1.54, 1.807) is 0 Å². The maximum Gasteiger partial charge on any atom is 0.427 e. The number of sulfonamides is 1. The van der Waals surface area contributed by atoms with Crippen molar-refractivity contribution in [2.24, 2.45) is 0 Å². The van der Waals surface area contributed by atoms with E-state index in [0.717, 1.165) is 21.3 Å². The molecule has 12 nitrogen and oxygen atoms in total. The molecule has 2 aromatic rings. The molecule has 41 heavy (non-hydrogen) atoms. The molecule has 0 saturated carbocycles. The fourth-order valence-electron chi connectivity index (χ4n) is 3.57. The molecule has 1 aliphatic rings. The van der Waals surface area contributed by atoms with E-state index < -0.39 is 70.2 Å².